The number of hydrogen-bond donors (Lipinski definition) is 0. The molecule has 5 rings (SSSR count). The van der Waals surface area contributed by atoms with Crippen LogP contribution in [0.4, 0.5) is 0 Å². The van der Waals surface area contributed by atoms with Gasteiger partial charge in [0.15, 0.2) is 17.3 Å². The number of nitrogens with zero attached hydrogens (tertiary/aromatic N) is 2. The topological polar surface area (TPSA) is 55.2 Å². The molecular weight excluding hydrogens is 476 g/mol. The van der Waals surface area contributed by atoms with Crippen molar-refractivity contribution in [3.63, 3.8) is 0 Å². The highest BCUT2D eigenvalue weighted by molar-refractivity contribution is 5.92. The highest BCUT2D eigenvalue weighted by Gasteiger charge is 2.51. The lowest BCUT2D eigenvalue weighted by molar-refractivity contribution is 0.0672. The van der Waals surface area contributed by atoms with E-state index >= 15 is 0 Å². The van der Waals surface area contributed by atoms with Crippen LogP contribution in [-0.2, 0) is 19.6 Å². The lowest BCUT2D eigenvalue weighted by atomic mass is 9.65. The predicted octanol–water partition coefficient (Wildman–Crippen LogP) is 6.54. The molecule has 2 aromatic carbocycles. The smallest absolute Gasteiger partial charge is 0.289 e. The van der Waals surface area contributed by atoms with Crippen LogP contribution in [0.1, 0.15) is 67.5 Å². The summed E-state index contributed by atoms with van der Waals surface area (Å²) in [5, 5.41) is 0. The van der Waals surface area contributed by atoms with Crippen LogP contribution in [0.2, 0.25) is 0 Å². The Hall–Kier alpha value is -3.25. The minimum Gasteiger partial charge on any atom is -0.493 e. The maximum atomic E-state index is 13.5. The van der Waals surface area contributed by atoms with Crippen molar-refractivity contribution in [3.05, 3.63) is 83.3 Å². The Bertz CT molecular complexity index is 1270. The number of fused-ring (bicyclic) bond motifs is 2. The van der Waals surface area contributed by atoms with Crippen molar-refractivity contribution in [1.82, 2.24) is 9.80 Å². The van der Waals surface area contributed by atoms with E-state index in [2.05, 4.69) is 60.9 Å². The van der Waals surface area contributed by atoms with Crippen LogP contribution in [0, 0.1) is 10.8 Å². The number of hydrogen-bond acceptors (Lipinski definition) is 5. The summed E-state index contributed by atoms with van der Waals surface area (Å²) in [6.07, 6.45) is 3.30. The molecule has 1 saturated heterocycles. The summed E-state index contributed by atoms with van der Waals surface area (Å²) in [5.74, 6) is 2.68. The summed E-state index contributed by atoms with van der Waals surface area (Å²) < 4.78 is 17.1. The summed E-state index contributed by atoms with van der Waals surface area (Å²) in [5.41, 5.74) is 2.80. The van der Waals surface area contributed by atoms with E-state index in [1.165, 1.54) is 5.56 Å². The van der Waals surface area contributed by atoms with Gasteiger partial charge >= 0.3 is 0 Å². The maximum Gasteiger partial charge on any atom is 0.289 e. The van der Waals surface area contributed by atoms with Gasteiger partial charge < -0.3 is 18.8 Å². The second-order valence-electron chi connectivity index (χ2n) is 12.2. The Morgan fingerprint density at radius 3 is 2.39 bits per heavy atom. The zero-order valence-corrected chi connectivity index (χ0v) is 23.3. The van der Waals surface area contributed by atoms with E-state index in [1.807, 2.05) is 30.3 Å². The van der Waals surface area contributed by atoms with Gasteiger partial charge in [-0.25, -0.2) is 0 Å². The molecule has 0 N–H and O–H groups in total. The largest absolute Gasteiger partial charge is 0.493 e. The molecule has 0 radical (unpaired) electrons. The zero-order valence-electron chi connectivity index (χ0n) is 23.3. The molecule has 1 aromatic heterocycles. The van der Waals surface area contributed by atoms with E-state index in [9.17, 15) is 4.79 Å². The molecule has 2 aliphatic rings. The average molecular weight is 517 g/mol. The van der Waals surface area contributed by atoms with Crippen molar-refractivity contribution < 1.29 is 18.7 Å². The van der Waals surface area contributed by atoms with E-state index in [0.717, 1.165) is 43.7 Å². The van der Waals surface area contributed by atoms with Crippen molar-refractivity contribution >= 4 is 5.91 Å². The van der Waals surface area contributed by atoms with E-state index < -0.39 is 0 Å². The van der Waals surface area contributed by atoms with Gasteiger partial charge in [0, 0.05) is 25.7 Å². The first-order valence-corrected chi connectivity index (χ1v) is 13.5. The maximum absolute atomic E-state index is 13.5. The van der Waals surface area contributed by atoms with Crippen LogP contribution in [-0.4, -0.2) is 42.5 Å². The van der Waals surface area contributed by atoms with Crippen LogP contribution in [0.5, 0.6) is 11.5 Å². The van der Waals surface area contributed by atoms with Gasteiger partial charge in [0.2, 0.25) is 0 Å². The number of carbonyl (C=O) groups is 1. The Kier molecular flexibility index (Phi) is 7.28. The summed E-state index contributed by atoms with van der Waals surface area (Å²) >= 11 is 0. The highest BCUT2D eigenvalue weighted by atomic mass is 16.5. The van der Waals surface area contributed by atoms with Crippen LogP contribution < -0.4 is 9.47 Å². The van der Waals surface area contributed by atoms with Crippen molar-refractivity contribution in [3.8, 4) is 11.5 Å². The minimum absolute atomic E-state index is 0.0252. The Balaban J connectivity index is 1.33. The molecule has 2 bridgehead atoms. The normalized spacial score (nSPS) is 22.1. The summed E-state index contributed by atoms with van der Waals surface area (Å²) in [7, 11) is 3.30. The second-order valence-corrected chi connectivity index (χ2v) is 12.2. The van der Waals surface area contributed by atoms with Crippen molar-refractivity contribution in [1.29, 1.82) is 0 Å². The molecule has 38 heavy (non-hydrogen) atoms. The van der Waals surface area contributed by atoms with Gasteiger partial charge in [0.25, 0.3) is 5.91 Å². The number of rotatable bonds is 9. The van der Waals surface area contributed by atoms with Gasteiger partial charge in [-0.15, -0.1) is 0 Å². The number of carbonyl (C=O) groups excluding carboxylic acids is 1. The number of likely N-dealkylation sites (tertiary alicyclic amines) is 1. The highest BCUT2D eigenvalue weighted by Crippen LogP contribution is 2.52. The van der Waals surface area contributed by atoms with E-state index in [-0.39, 0.29) is 16.7 Å². The van der Waals surface area contributed by atoms with E-state index in [0.29, 0.717) is 36.4 Å². The lowest BCUT2D eigenvalue weighted by Crippen LogP contribution is -2.37. The van der Waals surface area contributed by atoms with E-state index in [4.69, 9.17) is 13.9 Å². The van der Waals surface area contributed by atoms with Gasteiger partial charge in [0.05, 0.1) is 20.8 Å². The Morgan fingerprint density at radius 1 is 0.921 bits per heavy atom. The summed E-state index contributed by atoms with van der Waals surface area (Å²) in [6.45, 7) is 9.84. The molecule has 202 valence electrons. The number of amides is 1. The average Bonchev–Trinajstić information content (AvgIpc) is 3.44. The minimum atomic E-state index is 0.0252. The second kappa shape index (κ2) is 10.5. The third-order valence-electron chi connectivity index (χ3n) is 8.03. The molecule has 1 amide bonds. The molecule has 2 heterocycles. The predicted molar refractivity (Wildman–Crippen MR) is 148 cm³/mol. The van der Waals surface area contributed by atoms with Gasteiger partial charge in [-0.1, -0.05) is 57.2 Å². The van der Waals surface area contributed by atoms with Crippen molar-refractivity contribution in [2.75, 3.05) is 20.8 Å². The molecule has 6 nitrogen and oxygen atoms in total. The van der Waals surface area contributed by atoms with Crippen LogP contribution >= 0.6 is 0 Å². The van der Waals surface area contributed by atoms with Crippen molar-refractivity contribution in [2.45, 2.75) is 65.7 Å². The van der Waals surface area contributed by atoms with Crippen LogP contribution in [0.15, 0.2) is 65.1 Å². The van der Waals surface area contributed by atoms with Crippen LogP contribution in [0.3, 0.4) is 0 Å². The third kappa shape index (κ3) is 5.75. The Morgan fingerprint density at radius 2 is 1.66 bits per heavy atom. The van der Waals surface area contributed by atoms with Crippen LogP contribution in [0.25, 0.3) is 0 Å². The molecule has 2 fully saturated rings. The standard InChI is InChI=1S/C32H40N2O4/c1-31(2)16-25-17-32(3,21-31)22-34(25)30(35)28-14-12-26(38-28)20-33(18-23-9-7-6-8-10-23)19-24-11-13-27(36-4)29(15-24)37-5/h6-15,25H,16-22H2,1-5H3. The Labute approximate surface area is 226 Å². The number of furan rings is 1. The number of methoxy groups -OCH3 is 2. The molecule has 1 saturated carbocycles. The molecule has 2 atom stereocenters. The fourth-order valence-electron chi connectivity index (χ4n) is 6.88. The first kappa shape index (κ1) is 26.4. The fourth-order valence-corrected chi connectivity index (χ4v) is 6.88. The van der Waals surface area contributed by atoms with Gasteiger partial charge in [-0.05, 0) is 65.5 Å². The summed E-state index contributed by atoms with van der Waals surface area (Å²) in [6, 6.07) is 20.5. The first-order valence-electron chi connectivity index (χ1n) is 13.5. The summed E-state index contributed by atoms with van der Waals surface area (Å²) in [4.78, 5) is 17.9. The molecule has 6 heteroatoms. The van der Waals surface area contributed by atoms with Gasteiger partial charge in [-0.2, -0.15) is 0 Å². The molecular formula is C32H40N2O4. The first-order chi connectivity index (χ1) is 18.2. The van der Waals surface area contributed by atoms with Crippen molar-refractivity contribution in [2.24, 2.45) is 10.8 Å². The zero-order chi connectivity index (χ0) is 26.9. The fraction of sp³-hybridized carbons (Fsp3) is 0.469. The molecule has 1 aliphatic carbocycles. The SMILES string of the molecule is COc1ccc(CN(Cc2ccccc2)Cc2ccc(C(=O)N3CC4(C)CC3CC(C)(C)C4)o2)cc1OC. The third-order valence-corrected chi connectivity index (χ3v) is 8.03. The quantitative estimate of drug-likeness (QED) is 0.323. The number of ether oxygens (including phenoxy) is 2. The molecule has 2 unspecified atom stereocenters. The lowest BCUT2D eigenvalue weighted by Gasteiger charge is -2.39. The molecule has 0 spiro atoms. The monoisotopic (exact) mass is 516 g/mol. The molecule has 3 aromatic rings. The number of benzene rings is 2. The van der Waals surface area contributed by atoms with E-state index in [1.54, 1.807) is 14.2 Å². The van der Waals surface area contributed by atoms with Gasteiger partial charge in [-0.3, -0.25) is 9.69 Å². The van der Waals surface area contributed by atoms with Gasteiger partial charge in [0.1, 0.15) is 5.76 Å². The molecule has 1 aliphatic heterocycles.